The highest BCUT2D eigenvalue weighted by atomic mass is 32.2. The molecule has 6 nitrogen and oxygen atoms in total. The van der Waals surface area contributed by atoms with E-state index in [0.717, 1.165) is 0 Å². The number of hydrogen-bond acceptors (Lipinski definition) is 4. The van der Waals surface area contributed by atoms with E-state index in [1.807, 2.05) is 0 Å². The number of sulfonamides is 1. The Kier molecular flexibility index (Phi) is 3.71. The van der Waals surface area contributed by atoms with Gasteiger partial charge in [-0.15, -0.1) is 0 Å². The van der Waals surface area contributed by atoms with Crippen molar-refractivity contribution in [3.8, 4) is 0 Å². The number of halogens is 4. The predicted octanol–water partition coefficient (Wildman–Crippen LogP) is 0.485. The largest absolute Gasteiger partial charge is 0.448 e. The SMILES string of the molecule is O=S(=O)(O)C(F)(F)C(F)(F)S(=O)(=O)N1CCCC1. The molecule has 1 aliphatic heterocycles. The molecule has 0 aromatic heterocycles. The van der Waals surface area contributed by atoms with Gasteiger partial charge in [0.05, 0.1) is 0 Å². The van der Waals surface area contributed by atoms with E-state index in [9.17, 15) is 34.4 Å². The Labute approximate surface area is 100 Å². The van der Waals surface area contributed by atoms with Crippen LogP contribution in [0.15, 0.2) is 0 Å². The summed E-state index contributed by atoms with van der Waals surface area (Å²) in [5, 5.41) is -12.0. The van der Waals surface area contributed by atoms with E-state index in [4.69, 9.17) is 4.55 Å². The Morgan fingerprint density at radius 1 is 0.889 bits per heavy atom. The first-order valence-corrected chi connectivity index (χ1v) is 7.46. The van der Waals surface area contributed by atoms with Crippen LogP contribution in [-0.4, -0.2) is 49.3 Å². The summed E-state index contributed by atoms with van der Waals surface area (Å²) in [5.74, 6) is 0. The van der Waals surface area contributed by atoms with Crippen LogP contribution in [0.3, 0.4) is 0 Å². The lowest BCUT2D eigenvalue weighted by molar-refractivity contribution is -0.104. The second kappa shape index (κ2) is 4.28. The van der Waals surface area contributed by atoms with Crippen LogP contribution in [0.2, 0.25) is 0 Å². The Hall–Kier alpha value is -0.460. The molecule has 0 unspecified atom stereocenters. The molecular weight excluding hydrogens is 306 g/mol. The zero-order chi connectivity index (χ0) is 14.4. The summed E-state index contributed by atoms with van der Waals surface area (Å²) >= 11 is 0. The molecular formula is C6H9F4NO5S2. The summed E-state index contributed by atoms with van der Waals surface area (Å²) < 4.78 is 103. The Morgan fingerprint density at radius 3 is 1.61 bits per heavy atom. The molecule has 0 radical (unpaired) electrons. The zero-order valence-corrected chi connectivity index (χ0v) is 10.3. The van der Waals surface area contributed by atoms with Crippen LogP contribution in [0, 0.1) is 0 Å². The van der Waals surface area contributed by atoms with Crippen molar-refractivity contribution in [3.63, 3.8) is 0 Å². The third kappa shape index (κ3) is 2.10. The minimum Gasteiger partial charge on any atom is -0.281 e. The first kappa shape index (κ1) is 15.6. The molecule has 0 atom stereocenters. The number of hydrogen-bond donors (Lipinski definition) is 1. The standard InChI is InChI=1S/C6H9F4NO5S2/c7-5(8,6(9,10)18(14,15)16)17(12,13)11-3-1-2-4-11/h1-4H2,(H,14,15,16). The first-order chi connectivity index (χ1) is 7.86. The predicted molar refractivity (Wildman–Crippen MR) is 51.2 cm³/mol. The molecule has 1 saturated heterocycles. The van der Waals surface area contributed by atoms with E-state index in [-0.39, 0.29) is 17.1 Å². The van der Waals surface area contributed by atoms with Crippen molar-refractivity contribution >= 4 is 20.1 Å². The van der Waals surface area contributed by atoms with Crippen LogP contribution >= 0.6 is 0 Å². The minimum absolute atomic E-state index is 0.0755. The molecule has 18 heavy (non-hydrogen) atoms. The molecule has 0 bridgehead atoms. The van der Waals surface area contributed by atoms with Gasteiger partial charge in [-0.25, -0.2) is 8.42 Å². The van der Waals surface area contributed by atoms with Gasteiger partial charge in [0.25, 0.3) is 10.0 Å². The lowest BCUT2D eigenvalue weighted by Crippen LogP contribution is -2.56. The normalized spacial score (nSPS) is 20.3. The summed E-state index contributed by atoms with van der Waals surface area (Å²) in [4.78, 5) is 0. The fraction of sp³-hybridized carbons (Fsp3) is 1.00. The van der Waals surface area contributed by atoms with Gasteiger partial charge in [0, 0.05) is 13.1 Å². The van der Waals surface area contributed by atoms with Crippen LogP contribution < -0.4 is 0 Å². The second-order valence-corrected chi connectivity index (χ2v) is 7.06. The lowest BCUT2D eigenvalue weighted by atomic mass is 10.4. The number of rotatable bonds is 4. The summed E-state index contributed by atoms with van der Waals surface area (Å²) in [6.45, 7) is -0.807. The van der Waals surface area contributed by atoms with E-state index >= 15 is 0 Å². The molecule has 1 heterocycles. The van der Waals surface area contributed by atoms with Crippen molar-refractivity contribution in [1.29, 1.82) is 0 Å². The third-order valence-corrected chi connectivity index (χ3v) is 5.37. The maximum Gasteiger partial charge on any atom is 0.448 e. The maximum absolute atomic E-state index is 13.2. The molecule has 1 N–H and O–H groups in total. The van der Waals surface area contributed by atoms with Gasteiger partial charge >= 0.3 is 20.6 Å². The summed E-state index contributed by atoms with van der Waals surface area (Å²) in [6, 6.07) is 0. The van der Waals surface area contributed by atoms with Crippen LogP contribution in [0.5, 0.6) is 0 Å². The van der Waals surface area contributed by atoms with Gasteiger partial charge in [-0.1, -0.05) is 0 Å². The molecule has 0 spiro atoms. The van der Waals surface area contributed by atoms with Gasteiger partial charge in [0.2, 0.25) is 0 Å². The summed E-state index contributed by atoms with van der Waals surface area (Å²) in [7, 11) is -12.4. The van der Waals surface area contributed by atoms with Crippen molar-refractivity contribution in [1.82, 2.24) is 4.31 Å². The zero-order valence-electron chi connectivity index (χ0n) is 8.68. The van der Waals surface area contributed by atoms with Crippen LogP contribution in [-0.2, 0) is 20.1 Å². The Morgan fingerprint density at radius 2 is 1.28 bits per heavy atom. The van der Waals surface area contributed by atoms with Crippen molar-refractivity contribution in [2.75, 3.05) is 13.1 Å². The highest BCUT2D eigenvalue weighted by molar-refractivity contribution is 7.93. The van der Waals surface area contributed by atoms with E-state index < -0.39 is 43.7 Å². The molecule has 0 aromatic carbocycles. The van der Waals surface area contributed by atoms with E-state index in [2.05, 4.69) is 0 Å². The van der Waals surface area contributed by atoms with Crippen molar-refractivity contribution in [3.05, 3.63) is 0 Å². The van der Waals surface area contributed by atoms with Gasteiger partial charge in [-0.2, -0.15) is 30.3 Å². The molecule has 12 heteroatoms. The molecule has 0 aliphatic carbocycles. The van der Waals surface area contributed by atoms with Gasteiger partial charge in [0.1, 0.15) is 0 Å². The van der Waals surface area contributed by atoms with Crippen molar-refractivity contribution in [2.45, 2.75) is 23.4 Å². The Balaban J connectivity index is 3.29. The summed E-state index contributed by atoms with van der Waals surface area (Å²) in [5.41, 5.74) is 0. The highest BCUT2D eigenvalue weighted by Gasteiger charge is 2.74. The molecule has 1 aliphatic rings. The molecule has 0 aromatic rings. The van der Waals surface area contributed by atoms with Gasteiger partial charge in [-0.05, 0) is 12.8 Å². The van der Waals surface area contributed by atoms with E-state index in [1.54, 1.807) is 0 Å². The van der Waals surface area contributed by atoms with Crippen molar-refractivity contribution in [2.24, 2.45) is 0 Å². The van der Waals surface area contributed by atoms with Gasteiger partial charge in [-0.3, -0.25) is 4.55 Å². The topological polar surface area (TPSA) is 91.7 Å². The Bertz CT molecular complexity index is 522. The fourth-order valence-electron chi connectivity index (χ4n) is 1.39. The molecule has 108 valence electrons. The van der Waals surface area contributed by atoms with Crippen LogP contribution in [0.1, 0.15) is 12.8 Å². The molecule has 0 amide bonds. The number of nitrogens with zero attached hydrogens (tertiary/aromatic N) is 1. The smallest absolute Gasteiger partial charge is 0.281 e. The van der Waals surface area contributed by atoms with Gasteiger partial charge < -0.3 is 0 Å². The van der Waals surface area contributed by atoms with Gasteiger partial charge in [0.15, 0.2) is 0 Å². The average molecular weight is 315 g/mol. The number of alkyl halides is 4. The second-order valence-electron chi connectivity index (χ2n) is 3.62. The highest BCUT2D eigenvalue weighted by Crippen LogP contribution is 2.44. The van der Waals surface area contributed by atoms with E-state index in [0.29, 0.717) is 0 Å². The van der Waals surface area contributed by atoms with E-state index in [1.165, 1.54) is 0 Å². The van der Waals surface area contributed by atoms with Crippen molar-refractivity contribution < 1.29 is 39.0 Å². The summed E-state index contributed by atoms with van der Waals surface area (Å²) in [6.07, 6.45) is 0.402. The maximum atomic E-state index is 13.2. The minimum atomic E-state index is -6.56. The average Bonchev–Trinajstić information content (AvgIpc) is 2.68. The monoisotopic (exact) mass is 315 g/mol. The van der Waals surface area contributed by atoms with Crippen LogP contribution in [0.4, 0.5) is 17.6 Å². The fourth-order valence-corrected chi connectivity index (χ4v) is 3.69. The third-order valence-electron chi connectivity index (χ3n) is 2.39. The lowest BCUT2D eigenvalue weighted by Gasteiger charge is -2.27. The molecule has 0 saturated carbocycles. The molecule has 1 fully saturated rings. The molecule has 1 rings (SSSR count). The quantitative estimate of drug-likeness (QED) is 0.602. The van der Waals surface area contributed by atoms with Crippen LogP contribution in [0.25, 0.3) is 0 Å². The first-order valence-electron chi connectivity index (χ1n) is 4.58.